The molecule has 0 spiro atoms. The summed E-state index contributed by atoms with van der Waals surface area (Å²) in [6, 6.07) is 8.48. The van der Waals surface area contributed by atoms with E-state index in [1.54, 1.807) is 18.0 Å². The van der Waals surface area contributed by atoms with Crippen molar-refractivity contribution in [2.45, 2.75) is 32.5 Å². The van der Waals surface area contributed by atoms with Crippen molar-refractivity contribution >= 4 is 5.91 Å². The second-order valence-corrected chi connectivity index (χ2v) is 6.45. The standard InChI is InChI=1S/C18H24N4O2/c1-13-9-21(10-14(2)20-13)18(23)16-8-19-22(12-16)11-15-4-6-17(24-3)7-5-15/h4-8,12-14,20H,9-11H2,1-3H3/t13-,14-/m1/s1. The molecule has 1 aliphatic heterocycles. The first kappa shape index (κ1) is 16.5. The number of piperazine rings is 1. The Morgan fingerprint density at radius 2 is 1.92 bits per heavy atom. The van der Waals surface area contributed by atoms with Crippen LogP contribution in [0.4, 0.5) is 0 Å². The van der Waals surface area contributed by atoms with Gasteiger partial charge < -0.3 is 15.0 Å². The van der Waals surface area contributed by atoms with E-state index in [1.165, 1.54) is 0 Å². The van der Waals surface area contributed by atoms with Crippen molar-refractivity contribution in [1.29, 1.82) is 0 Å². The quantitative estimate of drug-likeness (QED) is 0.929. The number of nitrogens with zero attached hydrogens (tertiary/aromatic N) is 3. The summed E-state index contributed by atoms with van der Waals surface area (Å²) in [5.74, 6) is 0.883. The van der Waals surface area contributed by atoms with Crippen LogP contribution in [0.5, 0.6) is 5.75 Å². The molecule has 1 aliphatic rings. The van der Waals surface area contributed by atoms with Gasteiger partial charge in [0.1, 0.15) is 5.75 Å². The fraction of sp³-hybridized carbons (Fsp3) is 0.444. The number of aromatic nitrogens is 2. The fourth-order valence-electron chi connectivity index (χ4n) is 3.15. The van der Waals surface area contributed by atoms with Crippen LogP contribution >= 0.6 is 0 Å². The van der Waals surface area contributed by atoms with Crippen molar-refractivity contribution in [3.8, 4) is 5.75 Å². The molecule has 2 aromatic rings. The molecule has 1 fully saturated rings. The molecule has 6 nitrogen and oxygen atoms in total. The van der Waals surface area contributed by atoms with Gasteiger partial charge in [-0.3, -0.25) is 9.48 Å². The van der Waals surface area contributed by atoms with Gasteiger partial charge in [-0.05, 0) is 31.5 Å². The minimum atomic E-state index is 0.0520. The lowest BCUT2D eigenvalue weighted by Crippen LogP contribution is -2.55. The zero-order valence-corrected chi connectivity index (χ0v) is 14.4. The topological polar surface area (TPSA) is 59.4 Å². The fourth-order valence-corrected chi connectivity index (χ4v) is 3.15. The van der Waals surface area contributed by atoms with Gasteiger partial charge in [0.25, 0.3) is 5.91 Å². The van der Waals surface area contributed by atoms with Crippen LogP contribution in [0.25, 0.3) is 0 Å². The monoisotopic (exact) mass is 328 g/mol. The Morgan fingerprint density at radius 1 is 1.25 bits per heavy atom. The Morgan fingerprint density at radius 3 is 2.54 bits per heavy atom. The average molecular weight is 328 g/mol. The predicted octanol–water partition coefficient (Wildman–Crippen LogP) is 1.76. The number of carbonyl (C=O) groups is 1. The molecule has 24 heavy (non-hydrogen) atoms. The number of methoxy groups -OCH3 is 1. The molecule has 0 aliphatic carbocycles. The lowest BCUT2D eigenvalue weighted by atomic mass is 10.1. The van der Waals surface area contributed by atoms with Crippen molar-refractivity contribution in [2.75, 3.05) is 20.2 Å². The van der Waals surface area contributed by atoms with Crippen LogP contribution in [0, 0.1) is 0 Å². The third-order valence-electron chi connectivity index (χ3n) is 4.23. The van der Waals surface area contributed by atoms with E-state index in [1.807, 2.05) is 35.4 Å². The Labute approximate surface area is 142 Å². The zero-order chi connectivity index (χ0) is 17.1. The first-order valence-corrected chi connectivity index (χ1v) is 8.26. The molecule has 2 atom stereocenters. The highest BCUT2D eigenvalue weighted by Crippen LogP contribution is 2.14. The maximum atomic E-state index is 12.7. The van der Waals surface area contributed by atoms with Crippen molar-refractivity contribution < 1.29 is 9.53 Å². The number of hydrogen-bond donors (Lipinski definition) is 1. The predicted molar refractivity (Wildman–Crippen MR) is 92.3 cm³/mol. The second-order valence-electron chi connectivity index (χ2n) is 6.45. The molecular formula is C18H24N4O2. The van der Waals surface area contributed by atoms with Crippen LogP contribution in [0.3, 0.4) is 0 Å². The maximum absolute atomic E-state index is 12.7. The molecule has 2 heterocycles. The van der Waals surface area contributed by atoms with Gasteiger partial charge in [0.2, 0.25) is 0 Å². The van der Waals surface area contributed by atoms with Crippen LogP contribution < -0.4 is 10.1 Å². The van der Waals surface area contributed by atoms with Crippen molar-refractivity contribution in [3.05, 3.63) is 47.8 Å². The Hall–Kier alpha value is -2.34. The lowest BCUT2D eigenvalue weighted by Gasteiger charge is -2.35. The third kappa shape index (κ3) is 3.76. The van der Waals surface area contributed by atoms with Gasteiger partial charge in [-0.15, -0.1) is 0 Å². The molecule has 1 saturated heterocycles. The van der Waals surface area contributed by atoms with Gasteiger partial charge in [-0.2, -0.15) is 5.10 Å². The molecule has 0 unspecified atom stereocenters. The third-order valence-corrected chi connectivity index (χ3v) is 4.23. The van der Waals surface area contributed by atoms with E-state index in [0.29, 0.717) is 24.2 Å². The van der Waals surface area contributed by atoms with Crippen LogP contribution in [0.2, 0.25) is 0 Å². The van der Waals surface area contributed by atoms with Gasteiger partial charge >= 0.3 is 0 Å². The number of carbonyl (C=O) groups excluding carboxylic acids is 1. The second kappa shape index (κ2) is 7.05. The summed E-state index contributed by atoms with van der Waals surface area (Å²) in [5.41, 5.74) is 1.76. The van der Waals surface area contributed by atoms with E-state index in [4.69, 9.17) is 4.74 Å². The van der Waals surface area contributed by atoms with E-state index in [0.717, 1.165) is 24.4 Å². The Balaban J connectivity index is 1.67. The SMILES string of the molecule is COc1ccc(Cn2cc(C(=O)N3C[C@@H](C)N[C@H](C)C3)cn2)cc1. The van der Waals surface area contributed by atoms with Crippen LogP contribution in [0.1, 0.15) is 29.8 Å². The van der Waals surface area contributed by atoms with E-state index >= 15 is 0 Å². The molecule has 3 rings (SSSR count). The van der Waals surface area contributed by atoms with Crippen LogP contribution in [0.15, 0.2) is 36.7 Å². The molecule has 128 valence electrons. The summed E-state index contributed by atoms with van der Waals surface area (Å²) in [4.78, 5) is 14.6. The largest absolute Gasteiger partial charge is 0.497 e. The molecule has 1 aromatic heterocycles. The number of hydrogen-bond acceptors (Lipinski definition) is 4. The van der Waals surface area contributed by atoms with Crippen LogP contribution in [-0.4, -0.2) is 52.9 Å². The van der Waals surface area contributed by atoms with Crippen molar-refractivity contribution in [2.24, 2.45) is 0 Å². The summed E-state index contributed by atoms with van der Waals surface area (Å²) in [6.07, 6.45) is 3.48. The van der Waals surface area contributed by atoms with Gasteiger partial charge in [0.05, 0.1) is 25.4 Å². The van der Waals surface area contributed by atoms with E-state index in [-0.39, 0.29) is 5.91 Å². The summed E-state index contributed by atoms with van der Waals surface area (Å²) < 4.78 is 6.96. The van der Waals surface area contributed by atoms with E-state index < -0.39 is 0 Å². The molecule has 0 bridgehead atoms. The average Bonchev–Trinajstić information content (AvgIpc) is 3.02. The molecule has 1 amide bonds. The highest BCUT2D eigenvalue weighted by Gasteiger charge is 2.26. The van der Waals surface area contributed by atoms with Crippen molar-refractivity contribution in [1.82, 2.24) is 20.0 Å². The van der Waals surface area contributed by atoms with Gasteiger partial charge in [0, 0.05) is 31.4 Å². The number of amides is 1. The first-order valence-electron chi connectivity index (χ1n) is 8.26. The lowest BCUT2D eigenvalue weighted by molar-refractivity contribution is 0.0673. The molecular weight excluding hydrogens is 304 g/mol. The van der Waals surface area contributed by atoms with Gasteiger partial charge in [0.15, 0.2) is 0 Å². The molecule has 0 saturated carbocycles. The highest BCUT2D eigenvalue weighted by molar-refractivity contribution is 5.93. The summed E-state index contributed by atoms with van der Waals surface area (Å²) in [5, 5.41) is 7.77. The normalized spacial score (nSPS) is 20.9. The van der Waals surface area contributed by atoms with E-state index in [2.05, 4.69) is 24.3 Å². The Bertz CT molecular complexity index is 685. The summed E-state index contributed by atoms with van der Waals surface area (Å²) in [7, 11) is 1.65. The van der Waals surface area contributed by atoms with Gasteiger partial charge in [-0.25, -0.2) is 0 Å². The number of ether oxygens (including phenoxy) is 1. The molecule has 6 heteroatoms. The molecule has 1 N–H and O–H groups in total. The number of benzene rings is 1. The van der Waals surface area contributed by atoms with E-state index in [9.17, 15) is 4.79 Å². The minimum absolute atomic E-state index is 0.0520. The molecule has 1 aromatic carbocycles. The minimum Gasteiger partial charge on any atom is -0.497 e. The molecule has 0 radical (unpaired) electrons. The number of nitrogens with one attached hydrogen (secondary N) is 1. The smallest absolute Gasteiger partial charge is 0.257 e. The zero-order valence-electron chi connectivity index (χ0n) is 14.4. The number of rotatable bonds is 4. The van der Waals surface area contributed by atoms with Gasteiger partial charge in [-0.1, -0.05) is 12.1 Å². The van der Waals surface area contributed by atoms with Crippen LogP contribution in [-0.2, 0) is 6.54 Å². The highest BCUT2D eigenvalue weighted by atomic mass is 16.5. The Kier molecular flexibility index (Phi) is 4.85. The first-order chi connectivity index (χ1) is 11.5. The maximum Gasteiger partial charge on any atom is 0.257 e. The summed E-state index contributed by atoms with van der Waals surface area (Å²) in [6.45, 7) is 6.29. The summed E-state index contributed by atoms with van der Waals surface area (Å²) >= 11 is 0. The van der Waals surface area contributed by atoms with Crippen molar-refractivity contribution in [3.63, 3.8) is 0 Å².